The van der Waals surface area contributed by atoms with Gasteiger partial charge in [0.25, 0.3) is 0 Å². The van der Waals surface area contributed by atoms with Crippen molar-refractivity contribution in [2.45, 2.75) is 19.4 Å². The van der Waals surface area contributed by atoms with Crippen LogP contribution in [-0.2, 0) is 13.5 Å². The molecule has 0 fully saturated rings. The van der Waals surface area contributed by atoms with E-state index in [1.54, 1.807) is 0 Å². The molecule has 2 aromatic heterocycles. The smallest absolute Gasteiger partial charge is 0.0547 e. The molecule has 4 heteroatoms. The van der Waals surface area contributed by atoms with Crippen LogP contribution in [0.5, 0.6) is 0 Å². The Kier molecular flexibility index (Phi) is 3.56. The minimum Gasteiger partial charge on any atom is -0.361 e. The van der Waals surface area contributed by atoms with Gasteiger partial charge in [0.15, 0.2) is 0 Å². The number of rotatable bonds is 5. The van der Waals surface area contributed by atoms with Crippen molar-refractivity contribution < 1.29 is 0 Å². The lowest BCUT2D eigenvalue weighted by molar-refractivity contribution is 0.533. The number of aromatic nitrogens is 3. The van der Waals surface area contributed by atoms with Crippen molar-refractivity contribution >= 4 is 10.9 Å². The van der Waals surface area contributed by atoms with E-state index in [1.807, 2.05) is 17.9 Å². The minimum atomic E-state index is 0.313. The SMILES string of the molecule is CC(NCCc1c[nH]c2ccccc12)c1ccnn1C. The van der Waals surface area contributed by atoms with Crippen LogP contribution in [-0.4, -0.2) is 21.3 Å². The molecule has 0 aliphatic carbocycles. The molecular formula is C16H20N4. The van der Waals surface area contributed by atoms with Gasteiger partial charge in [0, 0.05) is 36.4 Å². The molecule has 1 unspecified atom stereocenters. The highest BCUT2D eigenvalue weighted by Gasteiger charge is 2.09. The molecule has 0 spiro atoms. The Morgan fingerprint density at radius 1 is 1.30 bits per heavy atom. The van der Waals surface area contributed by atoms with Gasteiger partial charge in [0.05, 0.1) is 5.69 Å². The molecule has 1 atom stereocenters. The normalized spacial score (nSPS) is 12.9. The minimum absolute atomic E-state index is 0.313. The average molecular weight is 268 g/mol. The number of fused-ring (bicyclic) bond motifs is 1. The summed E-state index contributed by atoms with van der Waals surface area (Å²) >= 11 is 0. The third kappa shape index (κ3) is 2.47. The molecule has 0 aliphatic rings. The standard InChI is InChI=1S/C16H20N4/c1-12(16-8-10-19-20(16)2)17-9-7-13-11-18-15-6-4-3-5-14(13)15/h3-6,8,10-12,17-18H,7,9H2,1-2H3. The van der Waals surface area contributed by atoms with Gasteiger partial charge in [-0.15, -0.1) is 0 Å². The molecule has 0 bridgehead atoms. The van der Waals surface area contributed by atoms with Crippen LogP contribution in [0.4, 0.5) is 0 Å². The average Bonchev–Trinajstić information content (AvgIpc) is 3.05. The lowest BCUT2D eigenvalue weighted by Gasteiger charge is -2.13. The van der Waals surface area contributed by atoms with Crippen LogP contribution >= 0.6 is 0 Å². The van der Waals surface area contributed by atoms with Gasteiger partial charge in [0.1, 0.15) is 0 Å². The van der Waals surface area contributed by atoms with Gasteiger partial charge in [-0.2, -0.15) is 5.10 Å². The monoisotopic (exact) mass is 268 g/mol. The van der Waals surface area contributed by atoms with E-state index in [0.29, 0.717) is 6.04 Å². The fraction of sp³-hybridized carbons (Fsp3) is 0.312. The third-order valence-corrected chi connectivity index (χ3v) is 3.82. The summed E-state index contributed by atoms with van der Waals surface area (Å²) in [4.78, 5) is 3.32. The number of hydrogen-bond acceptors (Lipinski definition) is 2. The Hall–Kier alpha value is -2.07. The largest absolute Gasteiger partial charge is 0.361 e. The quantitative estimate of drug-likeness (QED) is 0.747. The summed E-state index contributed by atoms with van der Waals surface area (Å²) in [6.07, 6.45) is 4.97. The van der Waals surface area contributed by atoms with E-state index >= 15 is 0 Å². The number of para-hydroxylation sites is 1. The second-order valence-electron chi connectivity index (χ2n) is 5.16. The van der Waals surface area contributed by atoms with Crippen LogP contribution in [0.2, 0.25) is 0 Å². The zero-order chi connectivity index (χ0) is 13.9. The number of nitrogens with zero attached hydrogens (tertiary/aromatic N) is 2. The van der Waals surface area contributed by atoms with Crippen molar-refractivity contribution in [2.24, 2.45) is 7.05 Å². The Morgan fingerprint density at radius 3 is 2.95 bits per heavy atom. The maximum absolute atomic E-state index is 4.21. The van der Waals surface area contributed by atoms with Crippen molar-refractivity contribution in [3.63, 3.8) is 0 Å². The van der Waals surface area contributed by atoms with Gasteiger partial charge >= 0.3 is 0 Å². The van der Waals surface area contributed by atoms with Gasteiger partial charge in [-0.3, -0.25) is 4.68 Å². The van der Waals surface area contributed by atoms with Crippen molar-refractivity contribution in [3.8, 4) is 0 Å². The van der Waals surface area contributed by atoms with Gasteiger partial charge in [-0.25, -0.2) is 0 Å². The zero-order valence-electron chi connectivity index (χ0n) is 11.9. The lowest BCUT2D eigenvalue weighted by atomic mass is 10.1. The fourth-order valence-corrected chi connectivity index (χ4v) is 2.68. The summed E-state index contributed by atoms with van der Waals surface area (Å²) in [5.41, 5.74) is 3.79. The summed E-state index contributed by atoms with van der Waals surface area (Å²) in [5.74, 6) is 0. The first-order valence-corrected chi connectivity index (χ1v) is 7.02. The molecule has 2 N–H and O–H groups in total. The first-order chi connectivity index (χ1) is 9.75. The molecule has 2 heterocycles. The maximum atomic E-state index is 4.21. The van der Waals surface area contributed by atoms with Crippen LogP contribution in [0.3, 0.4) is 0 Å². The summed E-state index contributed by atoms with van der Waals surface area (Å²) < 4.78 is 1.92. The topological polar surface area (TPSA) is 45.6 Å². The van der Waals surface area contributed by atoms with Crippen LogP contribution in [0, 0.1) is 0 Å². The third-order valence-electron chi connectivity index (χ3n) is 3.82. The molecule has 0 amide bonds. The van der Waals surface area contributed by atoms with Crippen molar-refractivity contribution in [1.82, 2.24) is 20.1 Å². The second kappa shape index (κ2) is 5.51. The van der Waals surface area contributed by atoms with Gasteiger partial charge < -0.3 is 10.3 Å². The first-order valence-electron chi connectivity index (χ1n) is 7.02. The predicted octanol–water partition coefficient (Wildman–Crippen LogP) is 2.79. The van der Waals surface area contributed by atoms with Crippen molar-refractivity contribution in [3.05, 3.63) is 54.0 Å². The van der Waals surface area contributed by atoms with Crippen molar-refractivity contribution in [1.29, 1.82) is 0 Å². The molecule has 0 radical (unpaired) electrons. The molecule has 3 rings (SSSR count). The number of nitrogens with one attached hydrogen (secondary N) is 2. The van der Waals surface area contributed by atoms with E-state index in [-0.39, 0.29) is 0 Å². The highest BCUT2D eigenvalue weighted by Crippen LogP contribution is 2.18. The van der Waals surface area contributed by atoms with Gasteiger partial charge in [-0.1, -0.05) is 18.2 Å². The Labute approximate surface area is 118 Å². The zero-order valence-corrected chi connectivity index (χ0v) is 11.9. The second-order valence-corrected chi connectivity index (χ2v) is 5.16. The summed E-state index contributed by atoms with van der Waals surface area (Å²) in [6.45, 7) is 3.13. The predicted molar refractivity (Wildman–Crippen MR) is 81.6 cm³/mol. The van der Waals surface area contributed by atoms with E-state index < -0.39 is 0 Å². The van der Waals surface area contributed by atoms with E-state index in [0.717, 1.165) is 13.0 Å². The highest BCUT2D eigenvalue weighted by molar-refractivity contribution is 5.83. The van der Waals surface area contributed by atoms with Crippen LogP contribution in [0.25, 0.3) is 10.9 Å². The van der Waals surface area contributed by atoms with E-state index in [9.17, 15) is 0 Å². The van der Waals surface area contributed by atoms with Crippen molar-refractivity contribution in [2.75, 3.05) is 6.54 Å². The van der Waals surface area contributed by atoms with E-state index in [2.05, 4.69) is 58.9 Å². The molecule has 0 saturated heterocycles. The Morgan fingerprint density at radius 2 is 2.15 bits per heavy atom. The van der Waals surface area contributed by atoms with Gasteiger partial charge in [-0.05, 0) is 37.6 Å². The van der Waals surface area contributed by atoms with Crippen LogP contribution in [0.1, 0.15) is 24.2 Å². The number of aromatic amines is 1. The molecular weight excluding hydrogens is 248 g/mol. The lowest BCUT2D eigenvalue weighted by Crippen LogP contribution is -2.23. The molecule has 104 valence electrons. The molecule has 0 saturated carbocycles. The van der Waals surface area contributed by atoms with E-state index in [1.165, 1.54) is 22.2 Å². The molecule has 1 aromatic carbocycles. The summed E-state index contributed by atoms with van der Waals surface area (Å²) in [6, 6.07) is 10.8. The Balaban J connectivity index is 1.61. The fourth-order valence-electron chi connectivity index (χ4n) is 2.68. The molecule has 4 nitrogen and oxygen atoms in total. The molecule has 20 heavy (non-hydrogen) atoms. The first kappa shape index (κ1) is 12.9. The number of benzene rings is 1. The number of H-pyrrole nitrogens is 1. The van der Waals surface area contributed by atoms with Crippen LogP contribution in [0.15, 0.2) is 42.7 Å². The molecule has 3 aromatic rings. The van der Waals surface area contributed by atoms with Crippen LogP contribution < -0.4 is 5.32 Å². The number of hydrogen-bond donors (Lipinski definition) is 2. The molecule has 0 aliphatic heterocycles. The van der Waals surface area contributed by atoms with E-state index in [4.69, 9.17) is 0 Å². The maximum Gasteiger partial charge on any atom is 0.0547 e. The Bertz CT molecular complexity index is 695. The summed E-state index contributed by atoms with van der Waals surface area (Å²) in [5, 5.41) is 9.08. The summed E-state index contributed by atoms with van der Waals surface area (Å²) in [7, 11) is 1.98. The highest BCUT2D eigenvalue weighted by atomic mass is 15.3. The number of aryl methyl sites for hydroxylation is 1. The van der Waals surface area contributed by atoms with Gasteiger partial charge in [0.2, 0.25) is 0 Å².